The van der Waals surface area contributed by atoms with Crippen molar-refractivity contribution in [1.29, 1.82) is 0 Å². The predicted octanol–water partition coefficient (Wildman–Crippen LogP) is 3.30. The number of anilines is 1. The Morgan fingerprint density at radius 1 is 1.19 bits per heavy atom. The van der Waals surface area contributed by atoms with Crippen LogP contribution in [0.15, 0.2) is 36.4 Å². The molecule has 0 fully saturated rings. The first-order valence-corrected chi connectivity index (χ1v) is 6.40. The molecule has 0 heterocycles. The smallest absolute Gasteiger partial charge is 0.335 e. The van der Waals surface area contributed by atoms with Crippen molar-refractivity contribution in [1.82, 2.24) is 0 Å². The summed E-state index contributed by atoms with van der Waals surface area (Å²) in [6.45, 7) is 1.67. The minimum atomic E-state index is -1.15. The summed E-state index contributed by atoms with van der Waals surface area (Å²) in [5.41, 5.74) is 0.879. The number of carboxylic acids is 1. The highest BCUT2D eigenvalue weighted by Gasteiger charge is 2.14. The molecule has 0 aliphatic rings. The van der Waals surface area contributed by atoms with Crippen LogP contribution in [0.4, 0.5) is 5.69 Å². The second-order valence-corrected chi connectivity index (χ2v) is 4.90. The van der Waals surface area contributed by atoms with Gasteiger partial charge in [-0.3, -0.25) is 4.79 Å². The molecule has 0 saturated heterocycles. The van der Waals surface area contributed by atoms with Gasteiger partial charge in [0.1, 0.15) is 5.75 Å². The molecule has 1 amide bonds. The van der Waals surface area contributed by atoms with Gasteiger partial charge < -0.3 is 15.5 Å². The number of hydrogen-bond acceptors (Lipinski definition) is 3. The number of amides is 1. The van der Waals surface area contributed by atoms with E-state index >= 15 is 0 Å². The molecule has 5 nitrogen and oxygen atoms in total. The fourth-order valence-electron chi connectivity index (χ4n) is 1.83. The van der Waals surface area contributed by atoms with Crippen LogP contribution in [0.1, 0.15) is 26.3 Å². The van der Waals surface area contributed by atoms with Crippen LogP contribution in [0.2, 0.25) is 5.02 Å². The number of aryl methyl sites for hydroxylation is 1. The molecule has 0 bridgehead atoms. The average molecular weight is 306 g/mol. The lowest BCUT2D eigenvalue weighted by Gasteiger charge is -2.09. The van der Waals surface area contributed by atoms with Crippen LogP contribution in [0.5, 0.6) is 5.75 Å². The second kappa shape index (κ2) is 5.85. The largest absolute Gasteiger partial charge is 0.507 e. The molecule has 21 heavy (non-hydrogen) atoms. The van der Waals surface area contributed by atoms with Gasteiger partial charge in [-0.15, -0.1) is 0 Å². The minimum Gasteiger partial charge on any atom is -0.507 e. The zero-order valence-corrected chi connectivity index (χ0v) is 11.8. The van der Waals surface area contributed by atoms with E-state index in [1.165, 1.54) is 24.3 Å². The summed E-state index contributed by atoms with van der Waals surface area (Å²) >= 11 is 5.82. The van der Waals surface area contributed by atoms with E-state index in [9.17, 15) is 14.7 Å². The van der Waals surface area contributed by atoms with Crippen molar-refractivity contribution < 1.29 is 19.8 Å². The van der Waals surface area contributed by atoms with Crippen molar-refractivity contribution in [3.63, 3.8) is 0 Å². The van der Waals surface area contributed by atoms with Gasteiger partial charge in [-0.1, -0.05) is 23.7 Å². The quantitative estimate of drug-likeness (QED) is 0.812. The van der Waals surface area contributed by atoms with Crippen molar-refractivity contribution >= 4 is 29.2 Å². The Bertz CT molecular complexity index is 728. The van der Waals surface area contributed by atoms with Gasteiger partial charge in [-0.2, -0.15) is 0 Å². The number of hydrogen-bond donors (Lipinski definition) is 3. The van der Waals surface area contributed by atoms with Crippen molar-refractivity contribution in [2.75, 3.05) is 5.32 Å². The molecule has 0 spiro atoms. The standard InChI is InChI=1S/C15H12ClNO4/c1-8-3-2-4-12(13(8)18)14(19)17-11-6-9(15(20)21)5-10(16)7-11/h2-7,18H,1H3,(H,17,19)(H,20,21). The van der Waals surface area contributed by atoms with Crippen LogP contribution in [0.3, 0.4) is 0 Å². The first-order valence-electron chi connectivity index (χ1n) is 6.02. The average Bonchev–Trinajstić information content (AvgIpc) is 2.41. The van der Waals surface area contributed by atoms with E-state index in [0.717, 1.165) is 0 Å². The topological polar surface area (TPSA) is 86.6 Å². The van der Waals surface area contributed by atoms with E-state index in [2.05, 4.69) is 5.32 Å². The third-order valence-electron chi connectivity index (χ3n) is 2.88. The lowest BCUT2D eigenvalue weighted by Crippen LogP contribution is -2.13. The van der Waals surface area contributed by atoms with Crippen LogP contribution in [0.25, 0.3) is 0 Å². The van der Waals surface area contributed by atoms with Crippen molar-refractivity contribution in [2.45, 2.75) is 6.92 Å². The number of phenols is 1. The Labute approximate surface area is 125 Å². The van der Waals surface area contributed by atoms with E-state index in [1.807, 2.05) is 0 Å². The molecule has 108 valence electrons. The van der Waals surface area contributed by atoms with Gasteiger partial charge in [0.05, 0.1) is 11.1 Å². The third kappa shape index (κ3) is 3.32. The second-order valence-electron chi connectivity index (χ2n) is 4.46. The summed E-state index contributed by atoms with van der Waals surface area (Å²) in [7, 11) is 0. The maximum absolute atomic E-state index is 12.1. The van der Waals surface area contributed by atoms with Gasteiger partial charge in [-0.25, -0.2) is 4.79 Å². The van der Waals surface area contributed by atoms with Crippen LogP contribution in [-0.4, -0.2) is 22.1 Å². The molecule has 2 aromatic rings. The van der Waals surface area contributed by atoms with Crippen LogP contribution in [-0.2, 0) is 0 Å². The molecular weight excluding hydrogens is 294 g/mol. The normalized spacial score (nSPS) is 10.2. The Morgan fingerprint density at radius 3 is 2.57 bits per heavy atom. The molecule has 2 aromatic carbocycles. The maximum atomic E-state index is 12.1. The fourth-order valence-corrected chi connectivity index (χ4v) is 2.06. The van der Waals surface area contributed by atoms with E-state index in [0.29, 0.717) is 5.56 Å². The van der Waals surface area contributed by atoms with Gasteiger partial charge in [-0.05, 0) is 36.8 Å². The van der Waals surface area contributed by atoms with E-state index in [4.69, 9.17) is 16.7 Å². The number of carboxylic acid groups (broad SMARTS) is 1. The molecule has 2 rings (SSSR count). The summed E-state index contributed by atoms with van der Waals surface area (Å²) < 4.78 is 0. The highest BCUT2D eigenvalue weighted by molar-refractivity contribution is 6.31. The number of aromatic hydroxyl groups is 1. The molecule has 0 atom stereocenters. The molecule has 0 aromatic heterocycles. The highest BCUT2D eigenvalue weighted by Crippen LogP contribution is 2.24. The molecular formula is C15H12ClNO4. The third-order valence-corrected chi connectivity index (χ3v) is 3.10. The molecule has 0 aliphatic carbocycles. The number of halogens is 1. The summed E-state index contributed by atoms with van der Waals surface area (Å²) in [6.07, 6.45) is 0. The minimum absolute atomic E-state index is 0.0359. The molecule has 0 unspecified atom stereocenters. The van der Waals surface area contributed by atoms with Gasteiger partial charge in [0.2, 0.25) is 0 Å². The van der Waals surface area contributed by atoms with Crippen LogP contribution >= 0.6 is 11.6 Å². The maximum Gasteiger partial charge on any atom is 0.335 e. The van der Waals surface area contributed by atoms with Crippen molar-refractivity contribution in [3.05, 3.63) is 58.1 Å². The van der Waals surface area contributed by atoms with Gasteiger partial charge in [0.25, 0.3) is 5.91 Å². The summed E-state index contributed by atoms with van der Waals surface area (Å²) in [4.78, 5) is 23.1. The Balaban J connectivity index is 2.31. The van der Waals surface area contributed by atoms with E-state index < -0.39 is 11.9 Å². The number of para-hydroxylation sites is 1. The van der Waals surface area contributed by atoms with Gasteiger partial charge in [0, 0.05) is 10.7 Å². The lowest BCUT2D eigenvalue weighted by atomic mass is 10.1. The first kappa shape index (κ1) is 14.9. The summed E-state index contributed by atoms with van der Waals surface area (Å²) in [5.74, 6) is -1.81. The fraction of sp³-hybridized carbons (Fsp3) is 0.0667. The van der Waals surface area contributed by atoms with Crippen LogP contribution in [0, 0.1) is 6.92 Å². The number of aromatic carboxylic acids is 1. The van der Waals surface area contributed by atoms with Crippen molar-refractivity contribution in [3.8, 4) is 5.75 Å². The Morgan fingerprint density at radius 2 is 1.90 bits per heavy atom. The SMILES string of the molecule is Cc1cccc(C(=O)Nc2cc(Cl)cc(C(=O)O)c2)c1O. The van der Waals surface area contributed by atoms with Crippen molar-refractivity contribution in [2.24, 2.45) is 0 Å². The number of rotatable bonds is 3. The molecule has 0 aliphatic heterocycles. The number of carbonyl (C=O) groups is 2. The molecule has 0 radical (unpaired) electrons. The highest BCUT2D eigenvalue weighted by atomic mass is 35.5. The number of nitrogens with one attached hydrogen (secondary N) is 1. The zero-order chi connectivity index (χ0) is 15.6. The number of benzene rings is 2. The number of phenolic OH excluding ortho intramolecular Hbond substituents is 1. The van der Waals surface area contributed by atoms with Gasteiger partial charge in [0.15, 0.2) is 0 Å². The molecule has 0 saturated carbocycles. The zero-order valence-electron chi connectivity index (χ0n) is 11.1. The number of carbonyl (C=O) groups excluding carboxylic acids is 1. The monoisotopic (exact) mass is 305 g/mol. The van der Waals surface area contributed by atoms with E-state index in [1.54, 1.807) is 19.1 Å². The summed E-state index contributed by atoms with van der Waals surface area (Å²) in [5, 5.41) is 21.5. The lowest BCUT2D eigenvalue weighted by molar-refractivity contribution is 0.0696. The molecule has 3 N–H and O–H groups in total. The first-order chi connectivity index (χ1) is 9.88. The predicted molar refractivity (Wildman–Crippen MR) is 79.2 cm³/mol. The molecule has 6 heteroatoms. The van der Waals surface area contributed by atoms with Gasteiger partial charge >= 0.3 is 5.97 Å². The summed E-state index contributed by atoms with van der Waals surface area (Å²) in [6, 6.07) is 8.79. The van der Waals surface area contributed by atoms with Crippen LogP contribution < -0.4 is 5.32 Å². The van der Waals surface area contributed by atoms with E-state index in [-0.39, 0.29) is 27.6 Å². The Kier molecular flexibility index (Phi) is 4.14. The Hall–Kier alpha value is -2.53.